The topological polar surface area (TPSA) is 24.5 Å². The predicted octanol–water partition coefficient (Wildman–Crippen LogP) is 3.09. The van der Waals surface area contributed by atoms with Gasteiger partial charge in [-0.2, -0.15) is 0 Å². The highest BCUT2D eigenvalue weighted by Gasteiger charge is 2.10. The molecule has 1 aromatic rings. The van der Waals surface area contributed by atoms with Gasteiger partial charge < -0.3 is 15.0 Å². The second-order valence-electron chi connectivity index (χ2n) is 6.13. The number of hydrogen-bond acceptors (Lipinski definition) is 3. The van der Waals surface area contributed by atoms with E-state index in [-0.39, 0.29) is 0 Å². The number of benzene rings is 1. The number of hydrogen-bond donors (Lipinski definition) is 1. The van der Waals surface area contributed by atoms with Gasteiger partial charge in [-0.15, -0.1) is 0 Å². The number of rotatable bonds is 8. The number of para-hydroxylation sites is 1. The molecule has 1 unspecified atom stereocenters. The van der Waals surface area contributed by atoms with E-state index in [2.05, 4.69) is 29.3 Å². The lowest BCUT2D eigenvalue weighted by Crippen LogP contribution is -2.34. The molecule has 118 valence electrons. The van der Waals surface area contributed by atoms with E-state index in [1.165, 1.54) is 50.9 Å². The molecule has 2 rings (SSSR count). The molecule has 0 radical (unpaired) electrons. The highest BCUT2D eigenvalue weighted by Crippen LogP contribution is 2.18. The van der Waals surface area contributed by atoms with Gasteiger partial charge >= 0.3 is 0 Å². The fraction of sp³-hybridized carbons (Fsp3) is 0.667. The molecule has 1 saturated heterocycles. The molecule has 0 bridgehead atoms. The van der Waals surface area contributed by atoms with E-state index in [0.717, 1.165) is 18.7 Å². The Morgan fingerprint density at radius 3 is 2.71 bits per heavy atom. The summed E-state index contributed by atoms with van der Waals surface area (Å²) in [5, 5.41) is 3.64. The summed E-state index contributed by atoms with van der Waals surface area (Å²) < 4.78 is 5.42. The molecule has 1 aromatic carbocycles. The molecular weight excluding hydrogens is 260 g/mol. The van der Waals surface area contributed by atoms with Crippen LogP contribution >= 0.6 is 0 Å². The van der Waals surface area contributed by atoms with E-state index in [4.69, 9.17) is 4.74 Å². The van der Waals surface area contributed by atoms with Gasteiger partial charge in [-0.3, -0.25) is 0 Å². The van der Waals surface area contributed by atoms with E-state index in [9.17, 15) is 0 Å². The minimum atomic E-state index is 0.489. The Hall–Kier alpha value is -1.06. The Balaban J connectivity index is 1.64. The van der Waals surface area contributed by atoms with Gasteiger partial charge in [-0.05, 0) is 70.4 Å². The van der Waals surface area contributed by atoms with Crippen molar-refractivity contribution >= 4 is 0 Å². The maximum Gasteiger partial charge on any atom is 0.122 e. The van der Waals surface area contributed by atoms with Crippen LogP contribution in [-0.4, -0.2) is 44.2 Å². The first-order valence-corrected chi connectivity index (χ1v) is 8.37. The lowest BCUT2D eigenvalue weighted by Gasteiger charge is -2.26. The first-order valence-electron chi connectivity index (χ1n) is 8.37. The van der Waals surface area contributed by atoms with Crippen LogP contribution in [0.1, 0.15) is 38.2 Å². The van der Waals surface area contributed by atoms with Crippen molar-refractivity contribution in [1.82, 2.24) is 10.2 Å². The summed E-state index contributed by atoms with van der Waals surface area (Å²) in [6.45, 7) is 7.21. The van der Waals surface area contributed by atoms with Crippen LogP contribution in [0.5, 0.6) is 5.75 Å². The van der Waals surface area contributed by atoms with Crippen LogP contribution in [0.2, 0.25) is 0 Å². The van der Waals surface area contributed by atoms with Gasteiger partial charge in [0.05, 0.1) is 7.11 Å². The number of methoxy groups -OCH3 is 1. The van der Waals surface area contributed by atoms with E-state index in [1.54, 1.807) is 7.11 Å². The van der Waals surface area contributed by atoms with Gasteiger partial charge in [0, 0.05) is 6.04 Å². The van der Waals surface area contributed by atoms with Gasteiger partial charge in [-0.1, -0.05) is 24.6 Å². The number of likely N-dealkylation sites (tertiary alicyclic amines) is 1. The van der Waals surface area contributed by atoms with E-state index in [1.807, 2.05) is 12.1 Å². The van der Waals surface area contributed by atoms with Crippen molar-refractivity contribution in [1.29, 1.82) is 0 Å². The maximum absolute atomic E-state index is 5.42. The monoisotopic (exact) mass is 290 g/mol. The minimum absolute atomic E-state index is 0.489. The standard InChI is InChI=1S/C18H30N2O/c1-16(15-17-9-4-5-10-18(17)21-2)19-11-8-14-20-12-6-3-7-13-20/h4-5,9-10,16,19H,3,6-8,11-15H2,1-2H3. The van der Waals surface area contributed by atoms with Crippen LogP contribution in [0, 0.1) is 0 Å². The molecule has 3 nitrogen and oxygen atoms in total. The molecule has 0 saturated carbocycles. The highest BCUT2D eigenvalue weighted by molar-refractivity contribution is 5.33. The van der Waals surface area contributed by atoms with Gasteiger partial charge in [0.2, 0.25) is 0 Å². The molecule has 1 aliphatic rings. The second-order valence-corrected chi connectivity index (χ2v) is 6.13. The van der Waals surface area contributed by atoms with Crippen LogP contribution < -0.4 is 10.1 Å². The molecule has 1 fully saturated rings. The molecule has 0 amide bonds. The lowest BCUT2D eigenvalue weighted by molar-refractivity contribution is 0.225. The number of nitrogens with zero attached hydrogens (tertiary/aromatic N) is 1. The van der Waals surface area contributed by atoms with Gasteiger partial charge in [-0.25, -0.2) is 0 Å². The zero-order valence-corrected chi connectivity index (χ0v) is 13.6. The van der Waals surface area contributed by atoms with E-state index < -0.39 is 0 Å². The maximum atomic E-state index is 5.42. The Kier molecular flexibility index (Phi) is 7.04. The molecule has 0 aliphatic carbocycles. The van der Waals surface area contributed by atoms with Crippen LogP contribution in [-0.2, 0) is 6.42 Å². The molecule has 1 atom stereocenters. The fourth-order valence-corrected chi connectivity index (χ4v) is 3.11. The van der Waals surface area contributed by atoms with Crippen molar-refractivity contribution in [2.45, 2.75) is 45.1 Å². The highest BCUT2D eigenvalue weighted by atomic mass is 16.5. The van der Waals surface area contributed by atoms with Crippen LogP contribution in [0.4, 0.5) is 0 Å². The number of ether oxygens (including phenoxy) is 1. The normalized spacial score (nSPS) is 17.6. The average molecular weight is 290 g/mol. The van der Waals surface area contributed by atoms with E-state index >= 15 is 0 Å². The Morgan fingerprint density at radius 1 is 1.19 bits per heavy atom. The number of nitrogens with one attached hydrogen (secondary N) is 1. The van der Waals surface area contributed by atoms with E-state index in [0.29, 0.717) is 6.04 Å². The summed E-state index contributed by atoms with van der Waals surface area (Å²) in [6, 6.07) is 8.80. The summed E-state index contributed by atoms with van der Waals surface area (Å²) in [5.41, 5.74) is 1.29. The molecule has 0 spiro atoms. The third kappa shape index (κ3) is 5.68. The summed E-state index contributed by atoms with van der Waals surface area (Å²) in [5.74, 6) is 1.000. The van der Waals surface area contributed by atoms with Gasteiger partial charge in [0.1, 0.15) is 5.75 Å². The van der Waals surface area contributed by atoms with Crippen LogP contribution in [0.3, 0.4) is 0 Å². The number of piperidine rings is 1. The van der Waals surface area contributed by atoms with Crippen molar-refractivity contribution < 1.29 is 4.74 Å². The van der Waals surface area contributed by atoms with Gasteiger partial charge in [0.25, 0.3) is 0 Å². The first-order chi connectivity index (χ1) is 10.3. The molecule has 0 aromatic heterocycles. The van der Waals surface area contributed by atoms with Crippen molar-refractivity contribution in [3.05, 3.63) is 29.8 Å². The lowest BCUT2D eigenvalue weighted by atomic mass is 10.1. The second kappa shape index (κ2) is 9.06. The summed E-state index contributed by atoms with van der Waals surface area (Å²) in [4.78, 5) is 2.61. The van der Waals surface area contributed by atoms with Crippen molar-refractivity contribution in [3.63, 3.8) is 0 Å². The zero-order chi connectivity index (χ0) is 14.9. The summed E-state index contributed by atoms with van der Waals surface area (Å²) >= 11 is 0. The molecule has 1 aliphatic heterocycles. The minimum Gasteiger partial charge on any atom is -0.496 e. The quantitative estimate of drug-likeness (QED) is 0.745. The summed E-state index contributed by atoms with van der Waals surface area (Å²) in [7, 11) is 1.75. The predicted molar refractivity (Wildman–Crippen MR) is 89.1 cm³/mol. The smallest absolute Gasteiger partial charge is 0.122 e. The van der Waals surface area contributed by atoms with Crippen molar-refractivity contribution in [3.8, 4) is 5.75 Å². The zero-order valence-electron chi connectivity index (χ0n) is 13.6. The third-order valence-corrected chi connectivity index (χ3v) is 4.31. The fourth-order valence-electron chi connectivity index (χ4n) is 3.11. The molecular formula is C18H30N2O. The Morgan fingerprint density at radius 2 is 1.95 bits per heavy atom. The summed E-state index contributed by atoms with van der Waals surface area (Å²) in [6.07, 6.45) is 6.46. The molecule has 21 heavy (non-hydrogen) atoms. The molecule has 3 heteroatoms. The third-order valence-electron chi connectivity index (χ3n) is 4.31. The SMILES string of the molecule is COc1ccccc1CC(C)NCCCN1CCCCC1. The Bertz CT molecular complexity index is 402. The first kappa shape index (κ1) is 16.3. The van der Waals surface area contributed by atoms with Gasteiger partial charge in [0.15, 0.2) is 0 Å². The largest absolute Gasteiger partial charge is 0.496 e. The molecule has 1 N–H and O–H groups in total. The van der Waals surface area contributed by atoms with Crippen LogP contribution in [0.25, 0.3) is 0 Å². The Labute approximate surface area is 129 Å². The average Bonchev–Trinajstić information content (AvgIpc) is 2.53. The molecule has 1 heterocycles. The van der Waals surface area contributed by atoms with Crippen molar-refractivity contribution in [2.75, 3.05) is 33.3 Å². The van der Waals surface area contributed by atoms with Crippen molar-refractivity contribution in [2.24, 2.45) is 0 Å². The van der Waals surface area contributed by atoms with Crippen LogP contribution in [0.15, 0.2) is 24.3 Å².